The zero-order valence-electron chi connectivity index (χ0n) is 14.9. The Hall–Kier alpha value is -3.11. The van der Waals surface area contributed by atoms with Gasteiger partial charge in [-0.1, -0.05) is 72.3 Å². The molecule has 0 amide bonds. The molecule has 27 heavy (non-hydrogen) atoms. The number of anilines is 1. The normalized spacial score (nSPS) is 11.4. The van der Waals surface area contributed by atoms with Gasteiger partial charge in [0.2, 0.25) is 0 Å². The molecular formula is C23H19NO2S. The largest absolute Gasteiger partial charge is 0.280 e. The fourth-order valence-electron chi connectivity index (χ4n) is 3.10. The minimum Gasteiger partial charge on any atom is -0.280 e. The van der Waals surface area contributed by atoms with Crippen LogP contribution >= 0.6 is 0 Å². The molecular weight excluding hydrogens is 354 g/mol. The summed E-state index contributed by atoms with van der Waals surface area (Å²) in [5.74, 6) is 0. The van der Waals surface area contributed by atoms with Gasteiger partial charge in [0, 0.05) is 5.69 Å². The first-order chi connectivity index (χ1) is 13.0. The number of rotatable bonds is 4. The molecule has 0 unspecified atom stereocenters. The number of sulfonamides is 1. The fourth-order valence-corrected chi connectivity index (χ4v) is 4.15. The van der Waals surface area contributed by atoms with Gasteiger partial charge >= 0.3 is 0 Å². The molecule has 4 rings (SSSR count). The zero-order chi connectivity index (χ0) is 18.9. The summed E-state index contributed by atoms with van der Waals surface area (Å²) in [5, 5.41) is 2.09. The Morgan fingerprint density at radius 3 is 2.04 bits per heavy atom. The van der Waals surface area contributed by atoms with Gasteiger partial charge in [-0.05, 0) is 53.1 Å². The van der Waals surface area contributed by atoms with E-state index in [0.717, 1.165) is 21.9 Å². The maximum absolute atomic E-state index is 12.7. The first kappa shape index (κ1) is 17.3. The van der Waals surface area contributed by atoms with Crippen LogP contribution in [0.2, 0.25) is 0 Å². The predicted octanol–water partition coefficient (Wildman–Crippen LogP) is 5.62. The van der Waals surface area contributed by atoms with Crippen LogP contribution in [0.25, 0.3) is 21.9 Å². The summed E-state index contributed by atoms with van der Waals surface area (Å²) in [7, 11) is -3.64. The van der Waals surface area contributed by atoms with Crippen LogP contribution < -0.4 is 4.72 Å². The number of aryl methyl sites for hydroxylation is 1. The van der Waals surface area contributed by atoms with Crippen LogP contribution in [0.3, 0.4) is 0 Å². The van der Waals surface area contributed by atoms with Crippen LogP contribution in [0, 0.1) is 6.92 Å². The van der Waals surface area contributed by atoms with Crippen molar-refractivity contribution in [3.8, 4) is 11.1 Å². The van der Waals surface area contributed by atoms with Gasteiger partial charge in [0.25, 0.3) is 10.0 Å². The molecule has 4 aromatic rings. The van der Waals surface area contributed by atoms with E-state index in [0.29, 0.717) is 5.69 Å². The Labute approximate surface area is 159 Å². The summed E-state index contributed by atoms with van der Waals surface area (Å²) in [5.41, 5.74) is 3.77. The lowest BCUT2D eigenvalue weighted by molar-refractivity contribution is 0.601. The first-order valence-electron chi connectivity index (χ1n) is 8.70. The molecule has 0 aromatic heterocycles. The molecule has 0 atom stereocenters. The minimum absolute atomic E-state index is 0.242. The Morgan fingerprint density at radius 2 is 1.30 bits per heavy atom. The Kier molecular flexibility index (Phi) is 4.42. The van der Waals surface area contributed by atoms with Crippen molar-refractivity contribution in [2.24, 2.45) is 0 Å². The second-order valence-electron chi connectivity index (χ2n) is 6.56. The third-order valence-corrected chi connectivity index (χ3v) is 5.92. The summed E-state index contributed by atoms with van der Waals surface area (Å²) >= 11 is 0. The molecule has 0 bridgehead atoms. The van der Waals surface area contributed by atoms with Crippen molar-refractivity contribution in [2.45, 2.75) is 11.8 Å². The van der Waals surface area contributed by atoms with Gasteiger partial charge in [-0.25, -0.2) is 8.42 Å². The number of hydrogen-bond acceptors (Lipinski definition) is 2. The topological polar surface area (TPSA) is 46.2 Å². The van der Waals surface area contributed by atoms with Crippen molar-refractivity contribution in [3.05, 3.63) is 96.6 Å². The van der Waals surface area contributed by atoms with E-state index in [1.165, 1.54) is 5.56 Å². The Morgan fingerprint density at radius 1 is 0.667 bits per heavy atom. The van der Waals surface area contributed by atoms with Gasteiger partial charge in [0.05, 0.1) is 4.90 Å². The highest BCUT2D eigenvalue weighted by Crippen LogP contribution is 2.25. The molecule has 0 fully saturated rings. The van der Waals surface area contributed by atoms with Gasteiger partial charge < -0.3 is 0 Å². The standard InChI is InChI=1S/C23H19NO2S/c1-17-7-8-21-16-22(12-9-20(21)15-17)24-27(25,26)23-13-10-19(11-14-23)18-5-3-2-4-6-18/h2-16,24H,1H3. The van der Waals surface area contributed by atoms with E-state index in [9.17, 15) is 8.42 Å². The summed E-state index contributed by atoms with van der Waals surface area (Å²) in [6, 6.07) is 28.5. The lowest BCUT2D eigenvalue weighted by atomic mass is 10.1. The van der Waals surface area contributed by atoms with Crippen molar-refractivity contribution in [2.75, 3.05) is 4.72 Å². The predicted molar refractivity (Wildman–Crippen MR) is 111 cm³/mol. The van der Waals surface area contributed by atoms with Crippen LogP contribution in [0.4, 0.5) is 5.69 Å². The lowest BCUT2D eigenvalue weighted by Gasteiger charge is -2.10. The summed E-state index contributed by atoms with van der Waals surface area (Å²) in [6.07, 6.45) is 0. The van der Waals surface area contributed by atoms with E-state index in [1.807, 2.05) is 73.7 Å². The Balaban J connectivity index is 1.61. The van der Waals surface area contributed by atoms with E-state index in [4.69, 9.17) is 0 Å². The molecule has 0 spiro atoms. The van der Waals surface area contributed by atoms with Crippen molar-refractivity contribution in [3.63, 3.8) is 0 Å². The molecule has 0 heterocycles. The molecule has 0 aliphatic carbocycles. The molecule has 0 aliphatic rings. The second-order valence-corrected chi connectivity index (χ2v) is 8.24. The highest BCUT2D eigenvalue weighted by Gasteiger charge is 2.14. The molecule has 0 aliphatic heterocycles. The van der Waals surface area contributed by atoms with Crippen LogP contribution in [0.1, 0.15) is 5.56 Å². The molecule has 4 heteroatoms. The van der Waals surface area contributed by atoms with Gasteiger partial charge in [0.1, 0.15) is 0 Å². The first-order valence-corrected chi connectivity index (χ1v) is 10.2. The number of fused-ring (bicyclic) bond motifs is 1. The molecule has 134 valence electrons. The maximum atomic E-state index is 12.7. The van der Waals surface area contributed by atoms with Crippen molar-refractivity contribution < 1.29 is 8.42 Å². The van der Waals surface area contributed by atoms with Crippen LogP contribution in [-0.2, 0) is 10.0 Å². The summed E-state index contributed by atoms with van der Waals surface area (Å²) in [4.78, 5) is 0.242. The highest BCUT2D eigenvalue weighted by atomic mass is 32.2. The van der Waals surface area contributed by atoms with Gasteiger partial charge in [0.15, 0.2) is 0 Å². The third kappa shape index (κ3) is 3.71. The number of nitrogens with one attached hydrogen (secondary N) is 1. The summed E-state index contributed by atoms with van der Waals surface area (Å²) < 4.78 is 28.1. The molecule has 0 saturated heterocycles. The monoisotopic (exact) mass is 373 g/mol. The second kappa shape index (κ2) is 6.89. The average molecular weight is 373 g/mol. The maximum Gasteiger partial charge on any atom is 0.261 e. The van der Waals surface area contributed by atoms with E-state index in [2.05, 4.69) is 10.8 Å². The van der Waals surface area contributed by atoms with E-state index >= 15 is 0 Å². The molecule has 4 aromatic carbocycles. The van der Waals surface area contributed by atoms with Gasteiger partial charge in [-0.3, -0.25) is 4.72 Å². The minimum atomic E-state index is -3.64. The van der Waals surface area contributed by atoms with Crippen molar-refractivity contribution in [1.29, 1.82) is 0 Å². The molecule has 0 radical (unpaired) electrons. The average Bonchev–Trinajstić information content (AvgIpc) is 2.69. The van der Waals surface area contributed by atoms with E-state index < -0.39 is 10.0 Å². The third-order valence-electron chi connectivity index (χ3n) is 4.52. The molecule has 0 saturated carbocycles. The zero-order valence-corrected chi connectivity index (χ0v) is 15.7. The van der Waals surface area contributed by atoms with Crippen molar-refractivity contribution in [1.82, 2.24) is 0 Å². The van der Waals surface area contributed by atoms with Gasteiger partial charge in [-0.2, -0.15) is 0 Å². The van der Waals surface area contributed by atoms with Crippen LogP contribution in [0.5, 0.6) is 0 Å². The number of benzene rings is 4. The van der Waals surface area contributed by atoms with E-state index in [-0.39, 0.29) is 4.90 Å². The lowest BCUT2D eigenvalue weighted by Crippen LogP contribution is -2.12. The highest BCUT2D eigenvalue weighted by molar-refractivity contribution is 7.92. The smallest absolute Gasteiger partial charge is 0.261 e. The quantitative estimate of drug-likeness (QED) is 0.505. The molecule has 3 nitrogen and oxygen atoms in total. The SMILES string of the molecule is Cc1ccc2cc(NS(=O)(=O)c3ccc(-c4ccccc4)cc3)ccc2c1. The fraction of sp³-hybridized carbons (Fsp3) is 0.0435. The van der Waals surface area contributed by atoms with Gasteiger partial charge in [-0.15, -0.1) is 0 Å². The van der Waals surface area contributed by atoms with Crippen LogP contribution in [-0.4, -0.2) is 8.42 Å². The van der Waals surface area contributed by atoms with E-state index in [1.54, 1.807) is 18.2 Å². The van der Waals surface area contributed by atoms with Crippen LogP contribution in [0.15, 0.2) is 95.9 Å². The summed E-state index contributed by atoms with van der Waals surface area (Å²) in [6.45, 7) is 2.04. The van der Waals surface area contributed by atoms with Crippen molar-refractivity contribution >= 4 is 26.5 Å². The molecule has 1 N–H and O–H groups in total. The Bertz CT molecular complexity index is 1200. The number of hydrogen-bond donors (Lipinski definition) is 1.